The molecule has 2 N–H and O–H groups in total. The number of piperidine rings is 1. The first-order valence-electron chi connectivity index (χ1n) is 6.34. The van der Waals surface area contributed by atoms with Crippen LogP contribution in [0.25, 0.3) is 0 Å². The summed E-state index contributed by atoms with van der Waals surface area (Å²) in [6.45, 7) is 0.847. The Labute approximate surface area is 97.0 Å². The van der Waals surface area contributed by atoms with E-state index in [2.05, 4.69) is 17.3 Å². The van der Waals surface area contributed by atoms with Crippen LogP contribution >= 0.6 is 0 Å². The molecule has 4 nitrogen and oxygen atoms in total. The maximum absolute atomic E-state index is 10.4. The lowest BCUT2D eigenvalue weighted by Gasteiger charge is -2.36. The van der Waals surface area contributed by atoms with E-state index >= 15 is 0 Å². The minimum atomic E-state index is -0.690. The number of carbonyl (C=O) groups is 1. The van der Waals surface area contributed by atoms with Gasteiger partial charge in [0.2, 0.25) is 0 Å². The number of hydrogen-bond donors (Lipinski definition) is 2. The molecule has 0 aliphatic carbocycles. The number of fused-ring (bicyclic) bond motifs is 2. The van der Waals surface area contributed by atoms with E-state index in [0.29, 0.717) is 6.04 Å². The van der Waals surface area contributed by atoms with E-state index in [0.717, 1.165) is 25.0 Å². The van der Waals surface area contributed by atoms with Crippen LogP contribution in [-0.4, -0.2) is 47.7 Å². The summed E-state index contributed by atoms with van der Waals surface area (Å²) < 4.78 is 0. The predicted molar refractivity (Wildman–Crippen MR) is 62.5 cm³/mol. The normalized spacial score (nSPS) is 34.2. The molecule has 2 saturated heterocycles. The van der Waals surface area contributed by atoms with Crippen molar-refractivity contribution < 1.29 is 9.90 Å². The van der Waals surface area contributed by atoms with E-state index in [9.17, 15) is 4.79 Å². The van der Waals surface area contributed by atoms with Gasteiger partial charge in [-0.25, -0.2) is 0 Å². The van der Waals surface area contributed by atoms with Gasteiger partial charge in [0.1, 0.15) is 0 Å². The van der Waals surface area contributed by atoms with Gasteiger partial charge in [-0.2, -0.15) is 0 Å². The molecular formula is C12H22N2O2. The summed E-state index contributed by atoms with van der Waals surface area (Å²) in [4.78, 5) is 12.9. The van der Waals surface area contributed by atoms with Crippen molar-refractivity contribution in [1.29, 1.82) is 0 Å². The van der Waals surface area contributed by atoms with E-state index in [1.165, 1.54) is 25.7 Å². The molecule has 2 fully saturated rings. The van der Waals surface area contributed by atoms with Gasteiger partial charge in [-0.05, 0) is 45.7 Å². The number of carboxylic acids is 1. The highest BCUT2D eigenvalue weighted by molar-refractivity contribution is 5.66. The summed E-state index contributed by atoms with van der Waals surface area (Å²) in [6.07, 6.45) is 6.19. The molecule has 0 radical (unpaired) electrons. The summed E-state index contributed by atoms with van der Waals surface area (Å²) in [5.41, 5.74) is 0. The van der Waals surface area contributed by atoms with Crippen LogP contribution in [0.2, 0.25) is 0 Å². The Balaban J connectivity index is 1.66. The second kappa shape index (κ2) is 5.15. The number of rotatable bonds is 5. The molecule has 0 aromatic heterocycles. The zero-order chi connectivity index (χ0) is 11.5. The van der Waals surface area contributed by atoms with Crippen LogP contribution in [0, 0.1) is 0 Å². The highest BCUT2D eigenvalue weighted by Crippen LogP contribution is 2.34. The van der Waals surface area contributed by atoms with Crippen molar-refractivity contribution in [2.75, 3.05) is 13.6 Å². The molecule has 0 aromatic carbocycles. The third kappa shape index (κ3) is 2.74. The second-order valence-electron chi connectivity index (χ2n) is 5.17. The Morgan fingerprint density at radius 2 is 2.00 bits per heavy atom. The van der Waals surface area contributed by atoms with Gasteiger partial charge in [0.05, 0.1) is 0 Å². The summed E-state index contributed by atoms with van der Waals surface area (Å²) in [7, 11) is 2.24. The smallest absolute Gasteiger partial charge is 0.303 e. The fourth-order valence-electron chi connectivity index (χ4n) is 3.12. The zero-order valence-corrected chi connectivity index (χ0v) is 9.98. The number of nitrogens with one attached hydrogen (secondary N) is 1. The molecule has 0 spiro atoms. The molecule has 2 aliphatic rings. The minimum Gasteiger partial charge on any atom is -0.481 e. The molecule has 0 aromatic rings. The average Bonchev–Trinajstić information content (AvgIpc) is 2.50. The third-order valence-corrected chi connectivity index (χ3v) is 4.10. The van der Waals surface area contributed by atoms with Gasteiger partial charge >= 0.3 is 5.97 Å². The molecule has 2 rings (SSSR count). The Bertz CT molecular complexity index is 243. The highest BCUT2D eigenvalue weighted by Gasteiger charge is 2.37. The summed E-state index contributed by atoms with van der Waals surface area (Å²) in [5, 5.41) is 12.1. The van der Waals surface area contributed by atoms with Crippen LogP contribution in [0.3, 0.4) is 0 Å². The first-order valence-corrected chi connectivity index (χ1v) is 6.34. The average molecular weight is 226 g/mol. The quantitative estimate of drug-likeness (QED) is 0.688. The van der Waals surface area contributed by atoms with Crippen LogP contribution in [0.1, 0.15) is 38.5 Å². The van der Waals surface area contributed by atoms with Gasteiger partial charge in [0.25, 0.3) is 0 Å². The number of carboxylic acid groups (broad SMARTS) is 1. The predicted octanol–water partition coefficient (Wildman–Crippen LogP) is 1.07. The van der Waals surface area contributed by atoms with E-state index in [4.69, 9.17) is 5.11 Å². The van der Waals surface area contributed by atoms with Crippen LogP contribution < -0.4 is 5.32 Å². The van der Waals surface area contributed by atoms with Crippen LogP contribution in [0.4, 0.5) is 0 Å². The van der Waals surface area contributed by atoms with Crippen LogP contribution in [0.5, 0.6) is 0 Å². The molecule has 2 bridgehead atoms. The lowest BCUT2D eigenvalue weighted by molar-refractivity contribution is -0.137. The first kappa shape index (κ1) is 11.9. The maximum atomic E-state index is 10.4. The molecule has 2 atom stereocenters. The van der Waals surface area contributed by atoms with Gasteiger partial charge in [-0.3, -0.25) is 4.79 Å². The number of aliphatic carboxylic acids is 1. The fourth-order valence-corrected chi connectivity index (χ4v) is 3.12. The van der Waals surface area contributed by atoms with Crippen molar-refractivity contribution in [1.82, 2.24) is 10.2 Å². The Kier molecular flexibility index (Phi) is 3.82. The van der Waals surface area contributed by atoms with Crippen molar-refractivity contribution in [2.24, 2.45) is 0 Å². The molecule has 2 heterocycles. The molecule has 2 aliphatic heterocycles. The van der Waals surface area contributed by atoms with Gasteiger partial charge < -0.3 is 15.3 Å². The van der Waals surface area contributed by atoms with E-state index < -0.39 is 5.97 Å². The lowest BCUT2D eigenvalue weighted by Crippen LogP contribution is -2.47. The Morgan fingerprint density at radius 3 is 2.56 bits per heavy atom. The summed E-state index contributed by atoms with van der Waals surface area (Å²) in [6, 6.07) is 2.13. The highest BCUT2D eigenvalue weighted by atomic mass is 16.4. The largest absolute Gasteiger partial charge is 0.481 e. The number of nitrogens with zero attached hydrogens (tertiary/aromatic N) is 1. The van der Waals surface area contributed by atoms with E-state index in [-0.39, 0.29) is 6.42 Å². The van der Waals surface area contributed by atoms with Crippen molar-refractivity contribution >= 4 is 5.97 Å². The molecule has 2 unspecified atom stereocenters. The number of hydrogen-bond acceptors (Lipinski definition) is 3. The minimum absolute atomic E-state index is 0.284. The second-order valence-corrected chi connectivity index (χ2v) is 5.17. The van der Waals surface area contributed by atoms with Crippen molar-refractivity contribution in [3.8, 4) is 0 Å². The molecule has 92 valence electrons. The topological polar surface area (TPSA) is 52.6 Å². The summed E-state index contributed by atoms with van der Waals surface area (Å²) >= 11 is 0. The van der Waals surface area contributed by atoms with E-state index in [1.54, 1.807) is 0 Å². The summed E-state index contributed by atoms with van der Waals surface area (Å²) in [5.74, 6) is -0.690. The fraction of sp³-hybridized carbons (Fsp3) is 0.917. The third-order valence-electron chi connectivity index (χ3n) is 4.10. The monoisotopic (exact) mass is 226 g/mol. The first-order chi connectivity index (χ1) is 7.66. The van der Waals surface area contributed by atoms with Crippen molar-refractivity contribution in [2.45, 2.75) is 56.7 Å². The van der Waals surface area contributed by atoms with Crippen molar-refractivity contribution in [3.63, 3.8) is 0 Å². The van der Waals surface area contributed by atoms with Gasteiger partial charge in [-0.15, -0.1) is 0 Å². The van der Waals surface area contributed by atoms with Crippen LogP contribution in [-0.2, 0) is 4.79 Å². The van der Waals surface area contributed by atoms with Gasteiger partial charge in [0.15, 0.2) is 0 Å². The standard InChI is InChI=1S/C12H22N2O2/c1-14-10-4-5-11(14)8-9(7-10)13-6-2-3-12(15)16/h9-11,13H,2-8H2,1H3,(H,15,16). The molecule has 16 heavy (non-hydrogen) atoms. The molecule has 0 saturated carbocycles. The zero-order valence-electron chi connectivity index (χ0n) is 9.98. The van der Waals surface area contributed by atoms with Gasteiger partial charge in [-0.1, -0.05) is 0 Å². The Hall–Kier alpha value is -0.610. The van der Waals surface area contributed by atoms with Gasteiger partial charge in [0, 0.05) is 24.5 Å². The van der Waals surface area contributed by atoms with E-state index in [1.807, 2.05) is 0 Å². The lowest BCUT2D eigenvalue weighted by atomic mass is 9.98. The molecule has 0 amide bonds. The van der Waals surface area contributed by atoms with Crippen molar-refractivity contribution in [3.05, 3.63) is 0 Å². The maximum Gasteiger partial charge on any atom is 0.303 e. The molecule has 4 heteroatoms. The SMILES string of the molecule is CN1C2CCC1CC(NCCCC(=O)O)C2. The van der Waals surface area contributed by atoms with Crippen LogP contribution in [0.15, 0.2) is 0 Å². The Morgan fingerprint density at radius 1 is 1.38 bits per heavy atom. The molecular weight excluding hydrogens is 204 g/mol.